The molecule has 4 nitrogen and oxygen atoms in total. The van der Waals surface area contributed by atoms with Crippen LogP contribution in [0, 0.1) is 0 Å². The van der Waals surface area contributed by atoms with Crippen LogP contribution in [0.4, 0.5) is 5.69 Å². The molecular weight excluding hydrogens is 202 g/mol. The van der Waals surface area contributed by atoms with Crippen LogP contribution in [-0.4, -0.2) is 25.6 Å². The highest BCUT2D eigenvalue weighted by Gasteiger charge is 2.16. The van der Waals surface area contributed by atoms with Crippen molar-refractivity contribution in [1.82, 2.24) is 5.43 Å². The normalized spacial score (nSPS) is 19.3. The Morgan fingerprint density at radius 1 is 1.31 bits per heavy atom. The third kappa shape index (κ3) is 2.97. The Kier molecular flexibility index (Phi) is 3.77. The Bertz CT molecular complexity index is 351. The molecule has 1 aliphatic rings. The molecule has 0 radical (unpaired) electrons. The number of hydrogen-bond donors (Lipinski definition) is 2. The first kappa shape index (κ1) is 11.0. The Morgan fingerprint density at radius 2 is 2.12 bits per heavy atom. The van der Waals surface area contributed by atoms with Gasteiger partial charge in [0.15, 0.2) is 0 Å². The number of hydrogen-bond acceptors (Lipinski definition) is 4. The number of ether oxygens (including phenoxy) is 1. The summed E-state index contributed by atoms with van der Waals surface area (Å²) in [5.41, 5.74) is 7.30. The first-order valence-electron chi connectivity index (χ1n) is 5.51. The minimum Gasteiger partial charge on any atom is -0.382 e. The molecule has 0 amide bonds. The Morgan fingerprint density at radius 3 is 2.88 bits per heavy atom. The number of para-hydroxylation sites is 1. The van der Waals surface area contributed by atoms with Gasteiger partial charge in [-0.05, 0) is 18.6 Å². The molecule has 0 aliphatic carbocycles. The maximum absolute atomic E-state index is 5.08. The summed E-state index contributed by atoms with van der Waals surface area (Å²) < 4.78 is 5.08. The third-order valence-corrected chi connectivity index (χ3v) is 2.54. The first-order chi connectivity index (χ1) is 7.88. The predicted octanol–water partition coefficient (Wildman–Crippen LogP) is 1.81. The van der Waals surface area contributed by atoms with E-state index in [2.05, 4.69) is 15.8 Å². The molecule has 1 aromatic carbocycles. The molecule has 1 aromatic rings. The predicted molar refractivity (Wildman–Crippen MR) is 65.5 cm³/mol. The van der Waals surface area contributed by atoms with E-state index in [4.69, 9.17) is 4.74 Å². The summed E-state index contributed by atoms with van der Waals surface area (Å²) in [6.07, 6.45) is 2.04. The maximum atomic E-state index is 5.08. The van der Waals surface area contributed by atoms with E-state index in [0.29, 0.717) is 12.6 Å². The minimum absolute atomic E-state index is 0.310. The van der Waals surface area contributed by atoms with Gasteiger partial charge in [-0.15, -0.1) is 0 Å². The van der Waals surface area contributed by atoms with Crippen LogP contribution in [0.1, 0.15) is 12.8 Å². The molecule has 0 bridgehead atoms. The summed E-state index contributed by atoms with van der Waals surface area (Å²) in [5.74, 6) is 1.01. The molecule has 0 unspecified atom stereocenters. The first-order valence-corrected chi connectivity index (χ1v) is 5.51. The molecular formula is C12H17N3O. The molecule has 2 rings (SSSR count). The second-order valence-corrected chi connectivity index (χ2v) is 3.84. The van der Waals surface area contributed by atoms with Crippen LogP contribution in [0.15, 0.2) is 35.3 Å². The van der Waals surface area contributed by atoms with Crippen molar-refractivity contribution >= 4 is 11.5 Å². The van der Waals surface area contributed by atoms with Crippen molar-refractivity contribution in [3.8, 4) is 0 Å². The highest BCUT2D eigenvalue weighted by atomic mass is 16.5. The van der Waals surface area contributed by atoms with Gasteiger partial charge in [0.1, 0.15) is 5.84 Å². The SMILES string of the molecule is COC[C@@H]1CCC(NNc2ccccc2)=N1. The zero-order valence-electron chi connectivity index (χ0n) is 9.44. The van der Waals surface area contributed by atoms with Gasteiger partial charge in [0.2, 0.25) is 0 Å². The lowest BCUT2D eigenvalue weighted by Crippen LogP contribution is -2.27. The van der Waals surface area contributed by atoms with Gasteiger partial charge in [-0.3, -0.25) is 15.8 Å². The molecule has 4 heteroatoms. The molecule has 0 spiro atoms. The zero-order valence-corrected chi connectivity index (χ0v) is 9.44. The van der Waals surface area contributed by atoms with E-state index in [0.717, 1.165) is 24.4 Å². The average Bonchev–Trinajstić information content (AvgIpc) is 2.76. The van der Waals surface area contributed by atoms with Gasteiger partial charge >= 0.3 is 0 Å². The fraction of sp³-hybridized carbons (Fsp3) is 0.417. The van der Waals surface area contributed by atoms with Crippen LogP contribution in [0.25, 0.3) is 0 Å². The van der Waals surface area contributed by atoms with Crippen LogP contribution in [0.2, 0.25) is 0 Å². The summed E-state index contributed by atoms with van der Waals surface area (Å²) in [7, 11) is 1.71. The number of benzene rings is 1. The summed E-state index contributed by atoms with van der Waals surface area (Å²) in [6.45, 7) is 0.705. The Hall–Kier alpha value is -1.55. The summed E-state index contributed by atoms with van der Waals surface area (Å²) in [4.78, 5) is 4.51. The Labute approximate surface area is 95.7 Å². The van der Waals surface area contributed by atoms with Gasteiger partial charge in [-0.1, -0.05) is 18.2 Å². The van der Waals surface area contributed by atoms with E-state index in [1.165, 1.54) is 0 Å². The number of amidine groups is 1. The monoisotopic (exact) mass is 219 g/mol. The zero-order chi connectivity index (χ0) is 11.2. The molecule has 0 aromatic heterocycles. The second kappa shape index (κ2) is 5.51. The largest absolute Gasteiger partial charge is 0.382 e. The standard InChI is InChI=1S/C12H17N3O/c1-16-9-11-7-8-12(13-11)15-14-10-5-3-2-4-6-10/h2-6,11,14H,7-9H2,1H3,(H,13,15)/t11-/m0/s1. The van der Waals surface area contributed by atoms with Crippen LogP contribution in [-0.2, 0) is 4.74 Å². The van der Waals surface area contributed by atoms with Gasteiger partial charge in [0.25, 0.3) is 0 Å². The second-order valence-electron chi connectivity index (χ2n) is 3.84. The number of hydrazine groups is 1. The molecule has 0 saturated heterocycles. The van der Waals surface area contributed by atoms with Gasteiger partial charge in [-0.2, -0.15) is 0 Å². The fourth-order valence-electron chi connectivity index (χ4n) is 1.73. The summed E-state index contributed by atoms with van der Waals surface area (Å²) in [5, 5.41) is 0. The van der Waals surface area contributed by atoms with Crippen molar-refractivity contribution in [3.05, 3.63) is 30.3 Å². The van der Waals surface area contributed by atoms with E-state index in [-0.39, 0.29) is 0 Å². The van der Waals surface area contributed by atoms with Crippen LogP contribution < -0.4 is 10.9 Å². The lowest BCUT2D eigenvalue weighted by molar-refractivity contribution is 0.181. The Balaban J connectivity index is 1.81. The molecule has 0 fully saturated rings. The number of aliphatic imine (C=N–C) groups is 1. The van der Waals surface area contributed by atoms with E-state index >= 15 is 0 Å². The molecule has 1 aliphatic heterocycles. The van der Waals surface area contributed by atoms with Gasteiger partial charge in [-0.25, -0.2) is 0 Å². The van der Waals surface area contributed by atoms with E-state index in [1.807, 2.05) is 30.3 Å². The molecule has 1 atom stereocenters. The molecule has 86 valence electrons. The van der Waals surface area contributed by atoms with Gasteiger partial charge in [0.05, 0.1) is 18.3 Å². The topological polar surface area (TPSA) is 45.6 Å². The van der Waals surface area contributed by atoms with E-state index in [9.17, 15) is 0 Å². The average molecular weight is 219 g/mol. The van der Waals surface area contributed by atoms with Crippen molar-refractivity contribution in [1.29, 1.82) is 0 Å². The molecule has 16 heavy (non-hydrogen) atoms. The number of nitrogens with zero attached hydrogens (tertiary/aromatic N) is 1. The smallest absolute Gasteiger partial charge is 0.115 e. The number of nitrogens with one attached hydrogen (secondary N) is 2. The highest BCUT2D eigenvalue weighted by Crippen LogP contribution is 2.12. The summed E-state index contributed by atoms with van der Waals surface area (Å²) in [6, 6.07) is 10.3. The van der Waals surface area contributed by atoms with Crippen molar-refractivity contribution in [2.45, 2.75) is 18.9 Å². The lowest BCUT2D eigenvalue weighted by atomic mass is 10.2. The van der Waals surface area contributed by atoms with Crippen molar-refractivity contribution < 1.29 is 4.74 Å². The lowest BCUT2D eigenvalue weighted by Gasteiger charge is -2.08. The summed E-state index contributed by atoms with van der Waals surface area (Å²) >= 11 is 0. The maximum Gasteiger partial charge on any atom is 0.115 e. The number of rotatable bonds is 4. The van der Waals surface area contributed by atoms with E-state index in [1.54, 1.807) is 7.11 Å². The van der Waals surface area contributed by atoms with Gasteiger partial charge in [0, 0.05) is 13.5 Å². The molecule has 0 saturated carbocycles. The van der Waals surface area contributed by atoms with Crippen molar-refractivity contribution in [3.63, 3.8) is 0 Å². The number of anilines is 1. The molecule has 1 heterocycles. The minimum atomic E-state index is 0.310. The van der Waals surface area contributed by atoms with Crippen molar-refractivity contribution in [2.75, 3.05) is 19.1 Å². The van der Waals surface area contributed by atoms with Gasteiger partial charge < -0.3 is 4.74 Å². The van der Waals surface area contributed by atoms with Crippen LogP contribution >= 0.6 is 0 Å². The number of methoxy groups -OCH3 is 1. The third-order valence-electron chi connectivity index (χ3n) is 2.54. The van der Waals surface area contributed by atoms with Crippen LogP contribution in [0.3, 0.4) is 0 Å². The highest BCUT2D eigenvalue weighted by molar-refractivity contribution is 5.85. The van der Waals surface area contributed by atoms with Crippen LogP contribution in [0.5, 0.6) is 0 Å². The van der Waals surface area contributed by atoms with Crippen molar-refractivity contribution in [2.24, 2.45) is 4.99 Å². The van der Waals surface area contributed by atoms with E-state index < -0.39 is 0 Å². The fourth-order valence-corrected chi connectivity index (χ4v) is 1.73. The molecule has 2 N–H and O–H groups in total. The quantitative estimate of drug-likeness (QED) is 0.759.